The zero-order valence-electron chi connectivity index (χ0n) is 13.4. The van der Waals surface area contributed by atoms with Crippen LogP contribution in [0.15, 0.2) is 24.3 Å². The van der Waals surface area contributed by atoms with Crippen molar-refractivity contribution in [3.8, 4) is 0 Å². The molecule has 1 atom stereocenters. The van der Waals surface area contributed by atoms with Gasteiger partial charge in [-0.3, -0.25) is 4.79 Å². The lowest BCUT2D eigenvalue weighted by Crippen LogP contribution is -2.33. The van der Waals surface area contributed by atoms with Crippen molar-refractivity contribution in [2.24, 2.45) is 0 Å². The highest BCUT2D eigenvalue weighted by atomic mass is 16.2. The maximum atomic E-state index is 11.9. The van der Waals surface area contributed by atoms with E-state index in [9.17, 15) is 4.79 Å². The van der Waals surface area contributed by atoms with Crippen LogP contribution in [-0.2, 0) is 11.2 Å². The van der Waals surface area contributed by atoms with Gasteiger partial charge in [-0.1, -0.05) is 29.8 Å². The van der Waals surface area contributed by atoms with Crippen molar-refractivity contribution < 1.29 is 4.79 Å². The Morgan fingerprint density at radius 3 is 2.81 bits per heavy atom. The Bertz CT molecular complexity index is 452. The number of hydrogen-bond donors (Lipinski definition) is 1. The maximum absolute atomic E-state index is 11.9. The van der Waals surface area contributed by atoms with E-state index in [1.807, 2.05) is 4.90 Å². The fourth-order valence-corrected chi connectivity index (χ4v) is 2.90. The number of benzene rings is 1. The molecule has 3 nitrogen and oxygen atoms in total. The van der Waals surface area contributed by atoms with Crippen LogP contribution in [0.5, 0.6) is 0 Å². The van der Waals surface area contributed by atoms with Gasteiger partial charge in [0.25, 0.3) is 0 Å². The first-order valence-electron chi connectivity index (χ1n) is 8.22. The van der Waals surface area contributed by atoms with Gasteiger partial charge in [-0.05, 0) is 45.1 Å². The summed E-state index contributed by atoms with van der Waals surface area (Å²) in [5.41, 5.74) is 2.72. The molecule has 1 unspecified atom stereocenters. The summed E-state index contributed by atoms with van der Waals surface area (Å²) >= 11 is 0. The summed E-state index contributed by atoms with van der Waals surface area (Å²) < 4.78 is 0. The third-order valence-corrected chi connectivity index (χ3v) is 4.24. The molecule has 1 amide bonds. The SMILES string of the molecule is Cc1cccc(CCC(C)NCCC(=O)N2CCCC2)c1. The van der Waals surface area contributed by atoms with Gasteiger partial charge in [-0.2, -0.15) is 0 Å². The first kappa shape index (κ1) is 16.0. The molecule has 0 aliphatic carbocycles. The van der Waals surface area contributed by atoms with Crippen LogP contribution in [0.2, 0.25) is 0 Å². The summed E-state index contributed by atoms with van der Waals surface area (Å²) in [7, 11) is 0. The largest absolute Gasteiger partial charge is 0.343 e. The molecule has 1 aromatic carbocycles. The predicted octanol–water partition coefficient (Wildman–Crippen LogP) is 2.92. The zero-order valence-corrected chi connectivity index (χ0v) is 13.4. The van der Waals surface area contributed by atoms with Crippen LogP contribution in [0, 0.1) is 6.92 Å². The Morgan fingerprint density at radius 1 is 1.33 bits per heavy atom. The van der Waals surface area contributed by atoms with Crippen molar-refractivity contribution in [2.75, 3.05) is 19.6 Å². The fraction of sp³-hybridized carbons (Fsp3) is 0.611. The number of nitrogens with one attached hydrogen (secondary N) is 1. The number of likely N-dealkylation sites (tertiary alicyclic amines) is 1. The monoisotopic (exact) mass is 288 g/mol. The van der Waals surface area contributed by atoms with Gasteiger partial charge in [0.1, 0.15) is 0 Å². The molecule has 1 aliphatic rings. The van der Waals surface area contributed by atoms with Gasteiger partial charge in [-0.25, -0.2) is 0 Å². The van der Waals surface area contributed by atoms with Gasteiger partial charge >= 0.3 is 0 Å². The Balaban J connectivity index is 1.61. The topological polar surface area (TPSA) is 32.3 Å². The van der Waals surface area contributed by atoms with Crippen LogP contribution in [-0.4, -0.2) is 36.5 Å². The molecule has 1 aromatic rings. The first-order chi connectivity index (χ1) is 10.1. The summed E-state index contributed by atoms with van der Waals surface area (Å²) in [4.78, 5) is 13.9. The van der Waals surface area contributed by atoms with Crippen molar-refractivity contribution in [3.63, 3.8) is 0 Å². The molecule has 0 aromatic heterocycles. The third-order valence-electron chi connectivity index (χ3n) is 4.24. The van der Waals surface area contributed by atoms with E-state index in [1.54, 1.807) is 0 Å². The molecular formula is C18H28N2O. The van der Waals surface area contributed by atoms with Crippen molar-refractivity contribution in [1.82, 2.24) is 10.2 Å². The smallest absolute Gasteiger partial charge is 0.223 e. The number of rotatable bonds is 7. The van der Waals surface area contributed by atoms with Gasteiger partial charge in [0.05, 0.1) is 0 Å². The van der Waals surface area contributed by atoms with Crippen LogP contribution in [0.4, 0.5) is 0 Å². The molecule has 2 rings (SSSR count). The molecule has 0 radical (unpaired) electrons. The van der Waals surface area contributed by atoms with Crippen molar-refractivity contribution in [1.29, 1.82) is 0 Å². The Hall–Kier alpha value is -1.35. The molecule has 0 saturated carbocycles. The van der Waals surface area contributed by atoms with Gasteiger partial charge in [0.2, 0.25) is 5.91 Å². The third kappa shape index (κ3) is 5.50. The molecule has 0 spiro atoms. The van der Waals surface area contributed by atoms with E-state index in [-0.39, 0.29) is 0 Å². The van der Waals surface area contributed by atoms with E-state index >= 15 is 0 Å². The Kier molecular flexibility index (Phi) is 6.24. The van der Waals surface area contributed by atoms with Gasteiger partial charge in [-0.15, -0.1) is 0 Å². The van der Waals surface area contributed by atoms with Crippen LogP contribution < -0.4 is 5.32 Å². The highest BCUT2D eigenvalue weighted by Gasteiger charge is 2.17. The number of carbonyl (C=O) groups excluding carboxylic acids is 1. The van der Waals surface area contributed by atoms with Gasteiger partial charge < -0.3 is 10.2 Å². The Labute approximate surface area is 128 Å². The second-order valence-corrected chi connectivity index (χ2v) is 6.22. The molecule has 1 N–H and O–H groups in total. The Morgan fingerprint density at radius 2 is 2.10 bits per heavy atom. The number of aryl methyl sites for hydroxylation is 2. The average molecular weight is 288 g/mol. The lowest BCUT2D eigenvalue weighted by molar-refractivity contribution is -0.130. The maximum Gasteiger partial charge on any atom is 0.223 e. The van der Waals surface area contributed by atoms with E-state index in [4.69, 9.17) is 0 Å². The summed E-state index contributed by atoms with van der Waals surface area (Å²) in [5, 5.41) is 3.47. The molecular weight excluding hydrogens is 260 g/mol. The minimum Gasteiger partial charge on any atom is -0.343 e. The average Bonchev–Trinajstić information content (AvgIpc) is 2.99. The van der Waals surface area contributed by atoms with Crippen LogP contribution in [0.1, 0.15) is 43.7 Å². The zero-order chi connectivity index (χ0) is 15.1. The predicted molar refractivity (Wildman–Crippen MR) is 87.4 cm³/mol. The minimum atomic E-state index is 0.311. The molecule has 3 heteroatoms. The molecule has 1 aliphatic heterocycles. The highest BCUT2D eigenvalue weighted by molar-refractivity contribution is 5.76. The second kappa shape index (κ2) is 8.18. The van der Waals surface area contributed by atoms with Gasteiger partial charge in [0, 0.05) is 32.1 Å². The van der Waals surface area contributed by atoms with Crippen molar-refractivity contribution >= 4 is 5.91 Å². The molecule has 21 heavy (non-hydrogen) atoms. The van der Waals surface area contributed by atoms with Crippen molar-refractivity contribution in [3.05, 3.63) is 35.4 Å². The minimum absolute atomic E-state index is 0.311. The van der Waals surface area contributed by atoms with E-state index in [0.717, 1.165) is 32.5 Å². The first-order valence-corrected chi connectivity index (χ1v) is 8.22. The van der Waals surface area contributed by atoms with E-state index in [2.05, 4.69) is 43.4 Å². The summed E-state index contributed by atoms with van der Waals surface area (Å²) in [6.07, 6.45) is 5.18. The summed E-state index contributed by atoms with van der Waals surface area (Å²) in [5.74, 6) is 0.311. The lowest BCUT2D eigenvalue weighted by atomic mass is 10.0. The second-order valence-electron chi connectivity index (χ2n) is 6.22. The van der Waals surface area contributed by atoms with Crippen LogP contribution in [0.25, 0.3) is 0 Å². The summed E-state index contributed by atoms with van der Waals surface area (Å²) in [6, 6.07) is 9.16. The number of hydrogen-bond acceptors (Lipinski definition) is 2. The molecule has 1 heterocycles. The van der Waals surface area contributed by atoms with E-state index in [0.29, 0.717) is 18.4 Å². The standard InChI is InChI=1S/C18H28N2O/c1-15-6-5-7-17(14-15)9-8-16(2)19-11-10-18(21)20-12-3-4-13-20/h5-7,14,16,19H,3-4,8-13H2,1-2H3. The lowest BCUT2D eigenvalue weighted by Gasteiger charge is -2.17. The van der Waals surface area contributed by atoms with Crippen LogP contribution >= 0.6 is 0 Å². The highest BCUT2D eigenvalue weighted by Crippen LogP contribution is 2.09. The van der Waals surface area contributed by atoms with Crippen LogP contribution in [0.3, 0.4) is 0 Å². The number of nitrogens with zero attached hydrogens (tertiary/aromatic N) is 1. The number of amides is 1. The molecule has 1 fully saturated rings. The van der Waals surface area contributed by atoms with Crippen molar-refractivity contribution in [2.45, 2.75) is 52.0 Å². The number of carbonyl (C=O) groups is 1. The molecule has 116 valence electrons. The fourth-order valence-electron chi connectivity index (χ4n) is 2.90. The molecule has 1 saturated heterocycles. The molecule has 0 bridgehead atoms. The van der Waals surface area contributed by atoms with E-state index in [1.165, 1.54) is 24.0 Å². The van der Waals surface area contributed by atoms with E-state index < -0.39 is 0 Å². The summed E-state index contributed by atoms with van der Waals surface area (Å²) in [6.45, 7) is 7.05. The van der Waals surface area contributed by atoms with Gasteiger partial charge in [0.15, 0.2) is 0 Å². The normalized spacial score (nSPS) is 16.2. The quantitative estimate of drug-likeness (QED) is 0.836.